The Bertz CT molecular complexity index is 737. The Kier molecular flexibility index (Phi) is 6.38. The van der Waals surface area contributed by atoms with Crippen LogP contribution in [0.15, 0.2) is 52.0 Å². The summed E-state index contributed by atoms with van der Waals surface area (Å²) in [5.74, 6) is 1.62. The fourth-order valence-corrected chi connectivity index (χ4v) is 3.23. The van der Waals surface area contributed by atoms with Crippen LogP contribution >= 0.6 is 12.2 Å². The number of benzene rings is 1. The third-order valence-corrected chi connectivity index (χ3v) is 4.76. The smallest absolute Gasteiger partial charge is 0.184 e. The molecule has 1 atom stereocenters. The monoisotopic (exact) mass is 371 g/mol. The lowest BCUT2D eigenvalue weighted by Crippen LogP contribution is -2.46. The zero-order valence-electron chi connectivity index (χ0n) is 15.0. The second-order valence-corrected chi connectivity index (χ2v) is 6.88. The molecule has 138 valence electrons. The zero-order valence-corrected chi connectivity index (χ0v) is 15.8. The van der Waals surface area contributed by atoms with E-state index in [1.54, 1.807) is 6.21 Å². The van der Waals surface area contributed by atoms with Crippen molar-refractivity contribution in [1.82, 2.24) is 15.2 Å². The van der Waals surface area contributed by atoms with Gasteiger partial charge in [-0.1, -0.05) is 30.3 Å². The van der Waals surface area contributed by atoms with E-state index < -0.39 is 0 Å². The van der Waals surface area contributed by atoms with Gasteiger partial charge >= 0.3 is 0 Å². The van der Waals surface area contributed by atoms with E-state index in [9.17, 15) is 0 Å². The van der Waals surface area contributed by atoms with Crippen LogP contribution in [0.4, 0.5) is 0 Å². The molecule has 7 heteroatoms. The summed E-state index contributed by atoms with van der Waals surface area (Å²) in [4.78, 5) is 4.95. The van der Waals surface area contributed by atoms with E-state index in [2.05, 4.69) is 57.6 Å². The van der Waals surface area contributed by atoms with E-state index >= 15 is 0 Å². The highest BCUT2D eigenvalue weighted by atomic mass is 32.1. The van der Waals surface area contributed by atoms with E-state index in [4.69, 9.17) is 22.4 Å². The van der Waals surface area contributed by atoms with Crippen LogP contribution in [0.5, 0.6) is 0 Å². The number of piperazine rings is 1. The van der Waals surface area contributed by atoms with Crippen LogP contribution in [0.1, 0.15) is 30.0 Å². The highest BCUT2D eigenvalue weighted by molar-refractivity contribution is 7.80. The van der Waals surface area contributed by atoms with Gasteiger partial charge in [-0.2, -0.15) is 5.10 Å². The average molecular weight is 372 g/mol. The molecule has 0 saturated carbocycles. The summed E-state index contributed by atoms with van der Waals surface area (Å²) in [5, 5.41) is 4.04. The number of nitrogens with two attached hydrogens (primary N) is 1. The minimum atomic E-state index is 0.135. The van der Waals surface area contributed by atoms with Gasteiger partial charge in [-0.05, 0) is 36.8 Å². The van der Waals surface area contributed by atoms with Gasteiger partial charge in [0.1, 0.15) is 11.5 Å². The first-order valence-electron chi connectivity index (χ1n) is 8.80. The molecule has 0 amide bonds. The van der Waals surface area contributed by atoms with Gasteiger partial charge in [-0.25, -0.2) is 0 Å². The Balaban J connectivity index is 1.48. The molecule has 2 heterocycles. The third kappa shape index (κ3) is 5.14. The number of nitrogens with one attached hydrogen (secondary N) is 1. The molecule has 1 aromatic heterocycles. The third-order valence-electron chi connectivity index (χ3n) is 4.66. The second kappa shape index (κ2) is 8.93. The van der Waals surface area contributed by atoms with Crippen LogP contribution < -0.4 is 11.2 Å². The molecule has 0 radical (unpaired) electrons. The van der Waals surface area contributed by atoms with Crippen molar-refractivity contribution in [2.75, 3.05) is 26.2 Å². The second-order valence-electron chi connectivity index (χ2n) is 6.44. The Morgan fingerprint density at radius 3 is 2.65 bits per heavy atom. The van der Waals surface area contributed by atoms with Crippen molar-refractivity contribution in [3.63, 3.8) is 0 Å². The first-order chi connectivity index (χ1) is 12.6. The highest BCUT2D eigenvalue weighted by Crippen LogP contribution is 2.22. The maximum Gasteiger partial charge on any atom is 0.184 e. The standard InChI is InChI=1S/C19H25N5OS/c1-15(16-5-3-2-4-6-16)24-11-9-23(10-12-24)14-18-8-7-17(25-18)13-21-22-19(20)26/h2-8,13,15H,9-12,14H2,1H3,(H3,20,22,26)/b21-13+. The van der Waals surface area contributed by atoms with Gasteiger partial charge < -0.3 is 10.2 Å². The molecular weight excluding hydrogens is 346 g/mol. The van der Waals surface area contributed by atoms with Gasteiger partial charge in [0.25, 0.3) is 0 Å². The minimum Gasteiger partial charge on any atom is -0.459 e. The molecule has 0 spiro atoms. The maximum absolute atomic E-state index is 5.78. The predicted molar refractivity (Wildman–Crippen MR) is 108 cm³/mol. The molecular formula is C19H25N5OS. The topological polar surface area (TPSA) is 70.0 Å². The van der Waals surface area contributed by atoms with Crippen LogP contribution in [0.2, 0.25) is 0 Å². The SMILES string of the molecule is CC(c1ccccc1)N1CCN(Cc2ccc(/C=N/NC(N)=S)o2)CC1. The van der Waals surface area contributed by atoms with E-state index in [1.165, 1.54) is 5.56 Å². The largest absolute Gasteiger partial charge is 0.459 e. The average Bonchev–Trinajstić information content (AvgIpc) is 3.09. The first kappa shape index (κ1) is 18.6. The lowest BCUT2D eigenvalue weighted by atomic mass is 10.1. The molecule has 2 aromatic rings. The number of nitrogens with zero attached hydrogens (tertiary/aromatic N) is 3. The van der Waals surface area contributed by atoms with Crippen LogP contribution in [-0.4, -0.2) is 47.3 Å². The van der Waals surface area contributed by atoms with Crippen molar-refractivity contribution in [1.29, 1.82) is 0 Å². The summed E-state index contributed by atoms with van der Waals surface area (Å²) in [6.07, 6.45) is 1.57. The van der Waals surface area contributed by atoms with Gasteiger partial charge in [0.05, 0.1) is 12.8 Å². The van der Waals surface area contributed by atoms with E-state index in [0.717, 1.165) is 38.5 Å². The normalized spacial score (nSPS) is 17.4. The van der Waals surface area contributed by atoms with Crippen LogP contribution in [0.25, 0.3) is 0 Å². The van der Waals surface area contributed by atoms with Gasteiger partial charge in [-0.3, -0.25) is 15.2 Å². The predicted octanol–water partition coefficient (Wildman–Crippen LogP) is 2.33. The molecule has 26 heavy (non-hydrogen) atoms. The molecule has 1 aliphatic rings. The summed E-state index contributed by atoms with van der Waals surface area (Å²) in [5.41, 5.74) is 9.21. The Labute approximate surface area is 159 Å². The highest BCUT2D eigenvalue weighted by Gasteiger charge is 2.22. The Morgan fingerprint density at radius 1 is 1.23 bits per heavy atom. The Hall–Kier alpha value is -2.22. The fourth-order valence-electron chi connectivity index (χ4n) is 3.18. The minimum absolute atomic E-state index is 0.135. The van der Waals surface area contributed by atoms with Gasteiger partial charge in [0.15, 0.2) is 5.11 Å². The molecule has 1 aromatic carbocycles. The zero-order chi connectivity index (χ0) is 18.4. The molecule has 1 unspecified atom stereocenters. The summed E-state index contributed by atoms with van der Waals surface area (Å²) < 4.78 is 5.78. The van der Waals surface area contributed by atoms with E-state index in [-0.39, 0.29) is 5.11 Å². The lowest BCUT2D eigenvalue weighted by molar-refractivity contribution is 0.0933. The number of furan rings is 1. The van der Waals surface area contributed by atoms with Crippen LogP contribution in [0, 0.1) is 0 Å². The van der Waals surface area contributed by atoms with E-state index in [0.29, 0.717) is 11.8 Å². The summed E-state index contributed by atoms with van der Waals surface area (Å²) in [6.45, 7) is 7.27. The van der Waals surface area contributed by atoms with Crippen LogP contribution in [0.3, 0.4) is 0 Å². The number of hydrazone groups is 1. The molecule has 0 bridgehead atoms. The van der Waals surface area contributed by atoms with Crippen molar-refractivity contribution in [2.45, 2.75) is 19.5 Å². The van der Waals surface area contributed by atoms with Gasteiger partial charge in [0, 0.05) is 32.2 Å². The van der Waals surface area contributed by atoms with Crippen molar-refractivity contribution < 1.29 is 4.42 Å². The van der Waals surface area contributed by atoms with Crippen LogP contribution in [-0.2, 0) is 6.54 Å². The lowest BCUT2D eigenvalue weighted by Gasteiger charge is -2.37. The molecule has 3 rings (SSSR count). The molecule has 0 aliphatic carbocycles. The van der Waals surface area contributed by atoms with E-state index in [1.807, 2.05) is 12.1 Å². The number of rotatable bonds is 6. The summed E-state index contributed by atoms with van der Waals surface area (Å²) >= 11 is 4.69. The summed E-state index contributed by atoms with van der Waals surface area (Å²) in [6, 6.07) is 15.0. The Morgan fingerprint density at radius 2 is 1.96 bits per heavy atom. The molecule has 1 saturated heterocycles. The van der Waals surface area contributed by atoms with Gasteiger partial charge in [-0.15, -0.1) is 0 Å². The maximum atomic E-state index is 5.78. The fraction of sp³-hybridized carbons (Fsp3) is 0.368. The summed E-state index contributed by atoms with van der Waals surface area (Å²) in [7, 11) is 0. The number of hydrogen-bond donors (Lipinski definition) is 2. The quantitative estimate of drug-likeness (QED) is 0.461. The van der Waals surface area contributed by atoms with Crippen molar-refractivity contribution >= 4 is 23.5 Å². The number of hydrogen-bond acceptors (Lipinski definition) is 5. The number of thiocarbonyl (C=S) groups is 1. The van der Waals surface area contributed by atoms with Crippen molar-refractivity contribution in [3.05, 3.63) is 59.5 Å². The molecule has 3 N–H and O–H groups in total. The van der Waals surface area contributed by atoms with Gasteiger partial charge in [0.2, 0.25) is 0 Å². The first-order valence-corrected chi connectivity index (χ1v) is 9.21. The van der Waals surface area contributed by atoms with Crippen molar-refractivity contribution in [2.24, 2.45) is 10.8 Å². The van der Waals surface area contributed by atoms with Crippen molar-refractivity contribution in [3.8, 4) is 0 Å². The molecule has 1 fully saturated rings. The molecule has 6 nitrogen and oxygen atoms in total. The molecule has 1 aliphatic heterocycles.